The molecule has 54 heavy (non-hydrogen) atoms. The predicted octanol–water partition coefficient (Wildman–Crippen LogP) is 6.59. The quantitative estimate of drug-likeness (QED) is 0.146. The molecular formula is C42H46O12. The molecule has 4 bridgehead atoms. The fourth-order valence-corrected chi connectivity index (χ4v) is 9.70. The van der Waals surface area contributed by atoms with Crippen LogP contribution in [-0.4, -0.2) is 46.8 Å². The van der Waals surface area contributed by atoms with Crippen molar-refractivity contribution in [2.24, 2.45) is 21.7 Å². The topological polar surface area (TPSA) is 154 Å². The number of benzene rings is 2. The number of esters is 4. The van der Waals surface area contributed by atoms with Gasteiger partial charge in [0.2, 0.25) is 11.2 Å². The summed E-state index contributed by atoms with van der Waals surface area (Å²) in [6.07, 6.45) is -1.53. The molecule has 2 saturated carbocycles. The summed E-state index contributed by atoms with van der Waals surface area (Å²) in [7, 11) is 0. The zero-order valence-corrected chi connectivity index (χ0v) is 32.1. The van der Waals surface area contributed by atoms with Crippen LogP contribution in [0.15, 0.2) is 51.7 Å². The van der Waals surface area contributed by atoms with Gasteiger partial charge in [0.1, 0.15) is 23.7 Å². The summed E-state index contributed by atoms with van der Waals surface area (Å²) in [4.78, 5) is 68.9. The largest absolute Gasteiger partial charge is 0.488 e. The average molecular weight is 743 g/mol. The molecule has 1 aromatic heterocycles. The van der Waals surface area contributed by atoms with Gasteiger partial charge in [0.25, 0.3) is 0 Å². The maximum absolute atomic E-state index is 14.7. The number of carbonyl (C=O) groups is 4. The van der Waals surface area contributed by atoms with E-state index < -0.39 is 80.2 Å². The van der Waals surface area contributed by atoms with Gasteiger partial charge < -0.3 is 32.8 Å². The van der Waals surface area contributed by atoms with E-state index in [1.807, 2.05) is 58.0 Å². The van der Waals surface area contributed by atoms with Crippen LogP contribution in [0.3, 0.4) is 0 Å². The molecule has 5 aliphatic rings. The van der Waals surface area contributed by atoms with E-state index in [0.29, 0.717) is 29.5 Å². The standard InChI is InChI=1S/C42H46O12/c1-22-19-26(43)49-29-27(22)24(48-21-23-13-11-10-12-14-23)20-25-28(29)30(50-34(46)41-17-15-39(8,32(44)53-41)37(41,4)5)31(36(2,3)52-25)51-35(47)42-18-16-40(9,33(45)54-42)38(42,6)7/h10-14,19-20,30-31H,15-18,21H2,1-9H3/t30-,31-,39?,40?,41?,42?/m1/s1. The summed E-state index contributed by atoms with van der Waals surface area (Å²) in [6, 6.07) is 12.5. The number of aryl methyl sites for hydroxylation is 1. The van der Waals surface area contributed by atoms with E-state index in [9.17, 15) is 24.0 Å². The Morgan fingerprint density at radius 1 is 0.741 bits per heavy atom. The average Bonchev–Trinajstić information content (AvgIpc) is 3.56. The van der Waals surface area contributed by atoms with Crippen molar-refractivity contribution in [3.8, 4) is 11.5 Å². The van der Waals surface area contributed by atoms with E-state index in [4.69, 9.17) is 32.8 Å². The number of fused-ring (bicyclic) bond motifs is 7. The van der Waals surface area contributed by atoms with Crippen molar-refractivity contribution in [2.45, 2.75) is 124 Å². The normalized spacial score (nSPS) is 33.4. The minimum atomic E-state index is -1.64. The smallest absolute Gasteiger partial charge is 0.351 e. The summed E-state index contributed by atoms with van der Waals surface area (Å²) < 4.78 is 43.6. The summed E-state index contributed by atoms with van der Waals surface area (Å²) >= 11 is 0. The first-order valence-corrected chi connectivity index (χ1v) is 18.5. The summed E-state index contributed by atoms with van der Waals surface area (Å²) in [6.45, 7) is 16.1. The van der Waals surface area contributed by atoms with Crippen LogP contribution < -0.4 is 15.1 Å². The fourth-order valence-electron chi connectivity index (χ4n) is 9.70. The molecule has 12 heteroatoms. The monoisotopic (exact) mass is 742 g/mol. The van der Waals surface area contributed by atoms with Gasteiger partial charge in [0.15, 0.2) is 17.8 Å². The molecule has 3 aromatic rings. The maximum Gasteiger partial charge on any atom is 0.351 e. The van der Waals surface area contributed by atoms with Crippen LogP contribution in [0.2, 0.25) is 0 Å². The van der Waals surface area contributed by atoms with Crippen LogP contribution in [0.4, 0.5) is 0 Å². The molecule has 6 atom stereocenters. The van der Waals surface area contributed by atoms with Gasteiger partial charge in [0.05, 0.1) is 21.8 Å². The first-order chi connectivity index (χ1) is 25.2. The molecule has 0 amide bonds. The van der Waals surface area contributed by atoms with E-state index in [1.165, 1.54) is 6.07 Å². The number of carbonyl (C=O) groups excluding carboxylic acids is 4. The second-order valence-corrected chi connectivity index (χ2v) is 17.7. The molecular weight excluding hydrogens is 696 g/mol. The van der Waals surface area contributed by atoms with Gasteiger partial charge in [-0.25, -0.2) is 14.4 Å². The SMILES string of the molecule is Cc1cc(=O)oc2c3c(cc(OCc4ccccc4)c12)OC(C)(C)[C@H](OC(=O)C12CCC(C)(C(=O)O1)C2(C)C)[C@@H]3OC(=O)C12CCC(C)(C(=O)O1)C2(C)C. The molecule has 0 spiro atoms. The Morgan fingerprint density at radius 3 is 1.81 bits per heavy atom. The number of ether oxygens (including phenoxy) is 6. The summed E-state index contributed by atoms with van der Waals surface area (Å²) in [5, 5.41) is 0.425. The van der Waals surface area contributed by atoms with Crippen molar-refractivity contribution >= 4 is 34.8 Å². The Labute approximate surface area is 312 Å². The zero-order chi connectivity index (χ0) is 39.0. The molecule has 12 nitrogen and oxygen atoms in total. The molecule has 8 rings (SSSR count). The third-order valence-electron chi connectivity index (χ3n) is 14.3. The van der Waals surface area contributed by atoms with Gasteiger partial charge >= 0.3 is 29.5 Å². The second kappa shape index (κ2) is 11.1. The molecule has 0 radical (unpaired) electrons. The Bertz CT molecular complexity index is 2220. The van der Waals surface area contributed by atoms with Crippen LogP contribution in [0, 0.1) is 28.6 Å². The maximum atomic E-state index is 14.7. The highest BCUT2D eigenvalue weighted by atomic mass is 16.7. The lowest BCUT2D eigenvalue weighted by Gasteiger charge is -2.46. The third kappa shape index (κ3) is 4.39. The molecule has 0 N–H and O–H groups in total. The van der Waals surface area contributed by atoms with Crippen LogP contribution in [0.25, 0.3) is 11.0 Å². The van der Waals surface area contributed by atoms with Crippen LogP contribution in [0.1, 0.15) is 104 Å². The van der Waals surface area contributed by atoms with Crippen molar-refractivity contribution in [3.05, 3.63) is 69.6 Å². The molecule has 4 fully saturated rings. The minimum Gasteiger partial charge on any atom is -0.488 e. The van der Waals surface area contributed by atoms with E-state index in [-0.39, 0.29) is 36.3 Å². The lowest BCUT2D eigenvalue weighted by atomic mass is 9.66. The van der Waals surface area contributed by atoms with Crippen molar-refractivity contribution in [2.75, 3.05) is 0 Å². The van der Waals surface area contributed by atoms with Gasteiger partial charge in [-0.2, -0.15) is 0 Å². The van der Waals surface area contributed by atoms with Crippen LogP contribution in [0.5, 0.6) is 11.5 Å². The first kappa shape index (κ1) is 36.1. The molecule has 2 aromatic carbocycles. The van der Waals surface area contributed by atoms with Gasteiger partial charge in [0, 0.05) is 23.0 Å². The Hall–Kier alpha value is -4.87. The minimum absolute atomic E-state index is 0.0191. The van der Waals surface area contributed by atoms with Crippen molar-refractivity contribution < 1.29 is 52.0 Å². The Morgan fingerprint density at radius 2 is 1.30 bits per heavy atom. The highest BCUT2D eigenvalue weighted by Crippen LogP contribution is 2.68. The van der Waals surface area contributed by atoms with E-state index in [0.717, 1.165) is 5.56 Å². The van der Waals surface area contributed by atoms with Crippen molar-refractivity contribution in [1.29, 1.82) is 0 Å². The molecule has 3 aliphatic heterocycles. The summed E-state index contributed by atoms with van der Waals surface area (Å²) in [5.41, 5.74) is -7.49. The van der Waals surface area contributed by atoms with E-state index in [2.05, 4.69) is 0 Å². The highest BCUT2D eigenvalue weighted by molar-refractivity contribution is 5.96. The number of rotatable bonds is 7. The molecule has 4 unspecified atom stereocenters. The van der Waals surface area contributed by atoms with Gasteiger partial charge in [-0.05, 0) is 71.4 Å². The van der Waals surface area contributed by atoms with E-state index in [1.54, 1.807) is 40.7 Å². The lowest BCUT2D eigenvalue weighted by Crippen LogP contribution is -2.57. The van der Waals surface area contributed by atoms with Crippen LogP contribution >= 0.6 is 0 Å². The molecule has 2 aliphatic carbocycles. The Kier molecular flexibility index (Phi) is 7.43. The van der Waals surface area contributed by atoms with Gasteiger partial charge in [-0.3, -0.25) is 9.59 Å². The molecule has 4 heterocycles. The highest BCUT2D eigenvalue weighted by Gasteiger charge is 2.78. The van der Waals surface area contributed by atoms with Gasteiger partial charge in [-0.15, -0.1) is 0 Å². The first-order valence-electron chi connectivity index (χ1n) is 18.5. The van der Waals surface area contributed by atoms with Crippen LogP contribution in [-0.2, 0) is 44.7 Å². The number of hydrogen-bond donors (Lipinski definition) is 0. The van der Waals surface area contributed by atoms with Crippen molar-refractivity contribution in [1.82, 2.24) is 0 Å². The lowest BCUT2D eigenvalue weighted by molar-refractivity contribution is -0.217. The van der Waals surface area contributed by atoms with Gasteiger partial charge in [-0.1, -0.05) is 58.0 Å². The zero-order valence-electron chi connectivity index (χ0n) is 32.1. The second-order valence-electron chi connectivity index (χ2n) is 17.7. The molecule has 2 saturated heterocycles. The summed E-state index contributed by atoms with van der Waals surface area (Å²) in [5.74, 6) is -2.09. The van der Waals surface area contributed by atoms with E-state index >= 15 is 0 Å². The third-order valence-corrected chi connectivity index (χ3v) is 14.3. The number of hydrogen-bond acceptors (Lipinski definition) is 12. The Balaban J connectivity index is 1.28. The fraction of sp³-hybridized carbons (Fsp3) is 0.548. The van der Waals surface area contributed by atoms with Crippen molar-refractivity contribution in [3.63, 3.8) is 0 Å². The molecule has 286 valence electrons. The predicted molar refractivity (Wildman–Crippen MR) is 191 cm³/mol.